The van der Waals surface area contributed by atoms with Crippen LogP contribution in [0.3, 0.4) is 0 Å². The molecule has 1 saturated heterocycles. The Morgan fingerprint density at radius 2 is 2.23 bits per heavy atom. The van der Waals surface area contributed by atoms with E-state index in [2.05, 4.69) is 10.3 Å². The molecule has 1 N–H and O–H groups in total. The number of ether oxygens (including phenoxy) is 1. The van der Waals surface area contributed by atoms with Gasteiger partial charge in [-0.25, -0.2) is 14.2 Å². The fraction of sp³-hybridized carbons (Fsp3) is 0.381. The van der Waals surface area contributed by atoms with Crippen LogP contribution in [0.15, 0.2) is 46.0 Å². The Kier molecular flexibility index (Phi) is 5.90. The van der Waals surface area contributed by atoms with Crippen LogP contribution in [0.25, 0.3) is 0 Å². The smallest absolute Gasteiger partial charge is 0.338 e. The standard InChI is InChI=1S/C21H22ClFN4O2S/c1-11(2)29-21(28)17-16-9-13(24-3)10-27(16)19(20-25-6-7-30-20)26-18(17)14-5-4-12(23)8-15(14)22/h4-8,11,13,18,24H,9-10H2,1-3H3/t13-,18-/m0/s1. The van der Waals surface area contributed by atoms with Gasteiger partial charge < -0.3 is 15.0 Å². The lowest BCUT2D eigenvalue weighted by atomic mass is 9.94. The van der Waals surface area contributed by atoms with E-state index < -0.39 is 17.8 Å². The minimum absolute atomic E-state index is 0.148. The van der Waals surface area contributed by atoms with E-state index in [0.29, 0.717) is 29.9 Å². The first-order valence-electron chi connectivity index (χ1n) is 9.70. The van der Waals surface area contributed by atoms with E-state index in [-0.39, 0.29) is 17.2 Å². The SMILES string of the molecule is CN[C@H]1CC2=C(C(=O)OC(C)C)[C@H](c3ccc(F)cc3Cl)N=C(c3nccs3)N2C1. The number of rotatable bonds is 5. The van der Waals surface area contributed by atoms with Crippen LogP contribution < -0.4 is 5.32 Å². The summed E-state index contributed by atoms with van der Waals surface area (Å²) in [7, 11) is 1.89. The summed E-state index contributed by atoms with van der Waals surface area (Å²) in [5.74, 6) is -0.196. The zero-order chi connectivity index (χ0) is 21.4. The van der Waals surface area contributed by atoms with Crippen molar-refractivity contribution in [3.05, 3.63) is 62.5 Å². The summed E-state index contributed by atoms with van der Waals surface area (Å²) in [5.41, 5.74) is 1.84. The molecule has 30 heavy (non-hydrogen) atoms. The molecule has 1 aromatic heterocycles. The van der Waals surface area contributed by atoms with Gasteiger partial charge in [-0.1, -0.05) is 17.7 Å². The van der Waals surface area contributed by atoms with Crippen LogP contribution in [0.5, 0.6) is 0 Å². The molecule has 9 heteroatoms. The summed E-state index contributed by atoms with van der Waals surface area (Å²) in [5, 5.41) is 6.14. The Labute approximate surface area is 183 Å². The summed E-state index contributed by atoms with van der Waals surface area (Å²) in [6.45, 7) is 4.27. The van der Waals surface area contributed by atoms with Crippen molar-refractivity contribution in [3.63, 3.8) is 0 Å². The zero-order valence-electron chi connectivity index (χ0n) is 16.9. The van der Waals surface area contributed by atoms with E-state index in [0.717, 1.165) is 10.7 Å². The average Bonchev–Trinajstić information content (AvgIpc) is 3.36. The number of amidine groups is 1. The topological polar surface area (TPSA) is 66.8 Å². The van der Waals surface area contributed by atoms with Crippen molar-refractivity contribution in [3.8, 4) is 0 Å². The zero-order valence-corrected chi connectivity index (χ0v) is 18.4. The number of nitrogens with one attached hydrogen (secondary N) is 1. The molecule has 2 atom stereocenters. The summed E-state index contributed by atoms with van der Waals surface area (Å²) in [6, 6.07) is 3.59. The van der Waals surface area contributed by atoms with Crippen molar-refractivity contribution in [2.45, 2.75) is 38.5 Å². The summed E-state index contributed by atoms with van der Waals surface area (Å²) < 4.78 is 19.3. The number of benzene rings is 1. The molecule has 4 rings (SSSR count). The van der Waals surface area contributed by atoms with Crippen molar-refractivity contribution >= 4 is 34.7 Å². The van der Waals surface area contributed by atoms with Gasteiger partial charge in [0, 0.05) is 46.9 Å². The number of aliphatic imine (C=N–C) groups is 1. The molecule has 2 aliphatic rings. The van der Waals surface area contributed by atoms with E-state index in [1.807, 2.05) is 17.3 Å². The summed E-state index contributed by atoms with van der Waals surface area (Å²) in [4.78, 5) is 24.5. The highest BCUT2D eigenvalue weighted by atomic mass is 35.5. The highest BCUT2D eigenvalue weighted by Crippen LogP contribution is 2.42. The van der Waals surface area contributed by atoms with E-state index in [1.54, 1.807) is 26.1 Å². The van der Waals surface area contributed by atoms with Crippen LogP contribution in [0.4, 0.5) is 4.39 Å². The minimum Gasteiger partial charge on any atom is -0.459 e. The quantitative estimate of drug-likeness (QED) is 0.702. The molecular weight excluding hydrogens is 427 g/mol. The molecule has 0 bridgehead atoms. The van der Waals surface area contributed by atoms with Crippen LogP contribution in [-0.4, -0.2) is 47.4 Å². The molecule has 2 aromatic rings. The van der Waals surface area contributed by atoms with Crippen molar-refractivity contribution in [1.29, 1.82) is 0 Å². The fourth-order valence-electron chi connectivity index (χ4n) is 3.78. The van der Waals surface area contributed by atoms with E-state index in [4.69, 9.17) is 21.3 Å². The largest absolute Gasteiger partial charge is 0.459 e. The molecule has 0 radical (unpaired) electrons. The second-order valence-corrected chi connectivity index (χ2v) is 8.77. The highest BCUT2D eigenvalue weighted by molar-refractivity contribution is 7.11. The van der Waals surface area contributed by atoms with E-state index in [1.165, 1.54) is 23.5 Å². The number of thiazole rings is 1. The first-order valence-corrected chi connectivity index (χ1v) is 11.0. The molecule has 0 amide bonds. The third kappa shape index (κ3) is 3.87. The van der Waals surface area contributed by atoms with Crippen LogP contribution >= 0.6 is 22.9 Å². The number of hydrogen-bond acceptors (Lipinski definition) is 7. The molecule has 2 aliphatic heterocycles. The van der Waals surface area contributed by atoms with Gasteiger partial charge in [0.25, 0.3) is 0 Å². The van der Waals surface area contributed by atoms with Gasteiger partial charge in [0.1, 0.15) is 11.9 Å². The average molecular weight is 449 g/mol. The van der Waals surface area contributed by atoms with Crippen molar-refractivity contribution < 1.29 is 13.9 Å². The Morgan fingerprint density at radius 3 is 2.87 bits per heavy atom. The van der Waals surface area contributed by atoms with Gasteiger partial charge in [-0.3, -0.25) is 4.99 Å². The van der Waals surface area contributed by atoms with Gasteiger partial charge in [-0.05, 0) is 33.0 Å². The van der Waals surface area contributed by atoms with Crippen LogP contribution in [-0.2, 0) is 9.53 Å². The molecule has 0 saturated carbocycles. The monoisotopic (exact) mass is 448 g/mol. The molecule has 0 spiro atoms. The van der Waals surface area contributed by atoms with Crippen LogP contribution in [0.1, 0.15) is 36.9 Å². The van der Waals surface area contributed by atoms with E-state index in [9.17, 15) is 9.18 Å². The summed E-state index contributed by atoms with van der Waals surface area (Å²) in [6.07, 6.45) is 2.08. The lowest BCUT2D eigenvalue weighted by Gasteiger charge is -2.32. The molecular formula is C21H22ClFN4O2S. The summed E-state index contributed by atoms with van der Waals surface area (Å²) >= 11 is 7.86. The Morgan fingerprint density at radius 1 is 1.43 bits per heavy atom. The maximum absolute atomic E-state index is 13.7. The number of carbonyl (C=O) groups excluding carboxylic acids is 1. The first kappa shape index (κ1) is 21.0. The molecule has 1 aromatic carbocycles. The van der Waals surface area contributed by atoms with Gasteiger partial charge >= 0.3 is 5.97 Å². The van der Waals surface area contributed by atoms with E-state index >= 15 is 0 Å². The second-order valence-electron chi connectivity index (χ2n) is 7.47. The van der Waals surface area contributed by atoms with Gasteiger partial charge in [-0.2, -0.15) is 0 Å². The van der Waals surface area contributed by atoms with Gasteiger partial charge in [0.15, 0.2) is 10.8 Å². The Bertz CT molecular complexity index is 1020. The van der Waals surface area contributed by atoms with Crippen molar-refractivity contribution in [1.82, 2.24) is 15.2 Å². The van der Waals surface area contributed by atoms with Crippen LogP contribution in [0, 0.1) is 5.82 Å². The molecule has 1 fully saturated rings. The van der Waals surface area contributed by atoms with Gasteiger partial charge in [0.2, 0.25) is 0 Å². The number of nitrogens with zero attached hydrogens (tertiary/aromatic N) is 3. The highest BCUT2D eigenvalue weighted by Gasteiger charge is 2.42. The third-order valence-corrected chi connectivity index (χ3v) is 6.21. The Balaban J connectivity index is 1.90. The maximum atomic E-state index is 13.7. The number of likely N-dealkylation sites (N-methyl/N-ethyl adjacent to an activating group) is 1. The normalized spacial score (nSPS) is 21.1. The number of hydrogen-bond donors (Lipinski definition) is 1. The number of aromatic nitrogens is 1. The Hall–Kier alpha value is -2.29. The lowest BCUT2D eigenvalue weighted by Crippen LogP contribution is -2.37. The van der Waals surface area contributed by atoms with Crippen LogP contribution in [0.2, 0.25) is 5.02 Å². The lowest BCUT2D eigenvalue weighted by molar-refractivity contribution is -0.143. The number of esters is 1. The molecule has 0 unspecified atom stereocenters. The number of halogens is 2. The van der Waals surface area contributed by atoms with Crippen molar-refractivity contribution in [2.75, 3.05) is 13.6 Å². The second kappa shape index (κ2) is 8.45. The number of carbonyl (C=O) groups is 1. The first-order chi connectivity index (χ1) is 14.4. The minimum atomic E-state index is -0.704. The predicted molar refractivity (Wildman–Crippen MR) is 115 cm³/mol. The molecule has 0 aliphatic carbocycles. The number of fused-ring (bicyclic) bond motifs is 1. The molecule has 158 valence electrons. The predicted octanol–water partition coefficient (Wildman–Crippen LogP) is 3.94. The maximum Gasteiger partial charge on any atom is 0.338 e. The molecule has 6 nitrogen and oxygen atoms in total. The van der Waals surface area contributed by atoms with Crippen molar-refractivity contribution in [2.24, 2.45) is 4.99 Å². The van der Waals surface area contributed by atoms with Gasteiger partial charge in [-0.15, -0.1) is 11.3 Å². The molecule has 3 heterocycles. The third-order valence-electron chi connectivity index (χ3n) is 5.11. The fourth-order valence-corrected chi connectivity index (χ4v) is 4.69. The van der Waals surface area contributed by atoms with Gasteiger partial charge in [0.05, 0.1) is 11.7 Å².